The largest absolute Gasteiger partial charge is 0.310 e. The average Bonchev–Trinajstić information content (AvgIpc) is 3.48. The van der Waals surface area contributed by atoms with Crippen molar-refractivity contribution in [2.45, 2.75) is 0 Å². The minimum Gasteiger partial charge on any atom is -0.310 e. The van der Waals surface area contributed by atoms with Crippen molar-refractivity contribution in [1.29, 1.82) is 5.26 Å². The summed E-state index contributed by atoms with van der Waals surface area (Å²) in [5.74, 6) is 1.19. The predicted octanol–water partition coefficient (Wildman–Crippen LogP) is 4.79. The van der Waals surface area contributed by atoms with Gasteiger partial charge in [0, 0.05) is 42.3 Å². The highest BCUT2D eigenvalue weighted by atomic mass is 15.3. The van der Waals surface area contributed by atoms with E-state index in [0.29, 0.717) is 17.2 Å². The van der Waals surface area contributed by atoms with Crippen LogP contribution in [0.5, 0.6) is 0 Å². The molecule has 33 heavy (non-hydrogen) atoms. The maximum atomic E-state index is 9.99. The van der Waals surface area contributed by atoms with Crippen molar-refractivity contribution in [2.75, 3.05) is 0 Å². The molecule has 0 aliphatic heterocycles. The molecule has 0 bridgehead atoms. The van der Waals surface area contributed by atoms with Crippen molar-refractivity contribution in [3.8, 4) is 34.4 Å². The second kappa shape index (κ2) is 8.73. The van der Waals surface area contributed by atoms with Gasteiger partial charge in [-0.15, -0.1) is 10.2 Å². The van der Waals surface area contributed by atoms with Crippen molar-refractivity contribution < 1.29 is 0 Å². The molecular formula is C26H19N7. The van der Waals surface area contributed by atoms with E-state index in [0.717, 1.165) is 28.1 Å². The van der Waals surface area contributed by atoms with Crippen LogP contribution in [0, 0.1) is 11.3 Å². The average molecular weight is 429 g/mol. The quantitative estimate of drug-likeness (QED) is 0.375. The molecule has 0 amide bonds. The smallest absolute Gasteiger partial charge is 0.174 e. The minimum absolute atomic E-state index is 0.398. The van der Waals surface area contributed by atoms with Crippen molar-refractivity contribution >= 4 is 11.6 Å². The molecule has 0 aliphatic carbocycles. The number of nitrogens with zero attached hydrogens (tertiary/aromatic N) is 7. The SMILES string of the molecule is Cn1c(/C(C#N)=C\c2cn(-c3ccccc3)nc2-c2ccncc2)nnc1-c1ccccc1. The summed E-state index contributed by atoms with van der Waals surface area (Å²) in [5, 5.41) is 23.4. The molecular weight excluding hydrogens is 410 g/mol. The fourth-order valence-corrected chi connectivity index (χ4v) is 3.64. The Morgan fingerprint density at radius 2 is 1.58 bits per heavy atom. The van der Waals surface area contributed by atoms with Crippen molar-refractivity contribution in [1.82, 2.24) is 29.5 Å². The first kappa shape index (κ1) is 20.1. The molecule has 7 nitrogen and oxygen atoms in total. The molecule has 0 unspecified atom stereocenters. The minimum atomic E-state index is 0.398. The first-order valence-corrected chi connectivity index (χ1v) is 10.4. The van der Waals surface area contributed by atoms with Crippen molar-refractivity contribution in [3.05, 3.63) is 103 Å². The summed E-state index contributed by atoms with van der Waals surface area (Å²) in [4.78, 5) is 4.11. The van der Waals surface area contributed by atoms with Gasteiger partial charge >= 0.3 is 0 Å². The van der Waals surface area contributed by atoms with E-state index in [-0.39, 0.29) is 0 Å². The molecule has 7 heteroatoms. The number of benzene rings is 2. The molecule has 3 heterocycles. The van der Waals surface area contributed by atoms with Crippen LogP contribution in [0.2, 0.25) is 0 Å². The summed E-state index contributed by atoms with van der Waals surface area (Å²) in [5.41, 5.74) is 4.72. The van der Waals surface area contributed by atoms with E-state index in [1.54, 1.807) is 18.5 Å². The highest BCUT2D eigenvalue weighted by Crippen LogP contribution is 2.28. The lowest BCUT2D eigenvalue weighted by atomic mass is 10.1. The Bertz CT molecular complexity index is 1460. The monoisotopic (exact) mass is 429 g/mol. The molecule has 2 aromatic carbocycles. The molecule has 0 atom stereocenters. The lowest BCUT2D eigenvalue weighted by molar-refractivity contribution is 0.884. The summed E-state index contributed by atoms with van der Waals surface area (Å²) >= 11 is 0. The highest BCUT2D eigenvalue weighted by Gasteiger charge is 2.17. The Kier molecular flexibility index (Phi) is 5.32. The zero-order valence-corrected chi connectivity index (χ0v) is 17.9. The predicted molar refractivity (Wildman–Crippen MR) is 127 cm³/mol. The number of hydrogen-bond acceptors (Lipinski definition) is 5. The number of para-hydroxylation sites is 1. The highest BCUT2D eigenvalue weighted by molar-refractivity contribution is 5.90. The second-order valence-electron chi connectivity index (χ2n) is 7.39. The number of pyridine rings is 1. The summed E-state index contributed by atoms with van der Waals surface area (Å²) < 4.78 is 3.64. The van der Waals surface area contributed by atoms with Crippen molar-refractivity contribution in [3.63, 3.8) is 0 Å². The Balaban J connectivity index is 1.63. The van der Waals surface area contributed by atoms with Crippen LogP contribution in [0.4, 0.5) is 0 Å². The summed E-state index contributed by atoms with van der Waals surface area (Å²) in [6.45, 7) is 0. The molecule has 0 saturated heterocycles. The summed E-state index contributed by atoms with van der Waals surface area (Å²) in [6.07, 6.45) is 7.17. The van der Waals surface area contributed by atoms with Crippen LogP contribution < -0.4 is 0 Å². The fraction of sp³-hybridized carbons (Fsp3) is 0.0385. The van der Waals surface area contributed by atoms with Crippen molar-refractivity contribution in [2.24, 2.45) is 7.05 Å². The van der Waals surface area contributed by atoms with Gasteiger partial charge in [0.25, 0.3) is 0 Å². The van der Waals surface area contributed by atoms with Crippen LogP contribution in [0.15, 0.2) is 91.4 Å². The molecule has 3 aromatic heterocycles. The van der Waals surface area contributed by atoms with Gasteiger partial charge < -0.3 is 4.57 Å². The molecule has 5 aromatic rings. The third-order valence-corrected chi connectivity index (χ3v) is 5.29. The van der Waals surface area contributed by atoms with E-state index in [9.17, 15) is 5.26 Å². The molecule has 0 N–H and O–H groups in total. The molecule has 5 rings (SSSR count). The lowest BCUT2D eigenvalue weighted by Crippen LogP contribution is -1.98. The van der Waals surface area contributed by atoms with E-state index in [1.165, 1.54) is 0 Å². The van der Waals surface area contributed by atoms with E-state index in [4.69, 9.17) is 5.10 Å². The standard InChI is InChI=1S/C26H19N7/c1-32-25(20-8-4-2-5-9-20)29-30-26(32)21(17-27)16-22-18-33(23-10-6-3-7-11-23)31-24(22)19-12-14-28-15-13-19/h2-16,18H,1H3/b21-16-. The van der Waals surface area contributed by atoms with E-state index < -0.39 is 0 Å². The van der Waals surface area contributed by atoms with E-state index in [1.807, 2.05) is 95.3 Å². The summed E-state index contributed by atoms with van der Waals surface area (Å²) in [6, 6.07) is 25.7. The van der Waals surface area contributed by atoms with Gasteiger partial charge in [0.15, 0.2) is 11.6 Å². The zero-order valence-electron chi connectivity index (χ0n) is 17.9. The topological polar surface area (TPSA) is 85.2 Å². The zero-order chi connectivity index (χ0) is 22.6. The van der Waals surface area contributed by atoms with Gasteiger partial charge in [-0.05, 0) is 30.3 Å². The van der Waals surface area contributed by atoms with Gasteiger partial charge in [-0.2, -0.15) is 10.4 Å². The number of hydrogen-bond donors (Lipinski definition) is 0. The van der Waals surface area contributed by atoms with Gasteiger partial charge in [-0.1, -0.05) is 48.5 Å². The van der Waals surface area contributed by atoms with Gasteiger partial charge in [0.05, 0.1) is 11.3 Å². The number of rotatable bonds is 5. The van der Waals surface area contributed by atoms with E-state index >= 15 is 0 Å². The van der Waals surface area contributed by atoms with Crippen LogP contribution >= 0.6 is 0 Å². The molecule has 0 saturated carbocycles. The first-order chi connectivity index (χ1) is 16.2. The maximum absolute atomic E-state index is 9.99. The number of allylic oxidation sites excluding steroid dienone is 1. The third kappa shape index (κ3) is 3.93. The number of aromatic nitrogens is 6. The van der Waals surface area contributed by atoms with Crippen LogP contribution in [0.3, 0.4) is 0 Å². The van der Waals surface area contributed by atoms with Crippen LogP contribution in [0.1, 0.15) is 11.4 Å². The first-order valence-electron chi connectivity index (χ1n) is 10.4. The molecule has 0 radical (unpaired) electrons. The normalized spacial score (nSPS) is 11.3. The number of nitriles is 1. The van der Waals surface area contributed by atoms with Crippen LogP contribution in [-0.4, -0.2) is 29.5 Å². The Morgan fingerprint density at radius 1 is 0.879 bits per heavy atom. The van der Waals surface area contributed by atoms with Gasteiger partial charge in [0.2, 0.25) is 0 Å². The van der Waals surface area contributed by atoms with Crippen LogP contribution in [0.25, 0.3) is 40.0 Å². The summed E-state index contributed by atoms with van der Waals surface area (Å²) in [7, 11) is 1.86. The Hall–Kier alpha value is -4.83. The van der Waals surface area contributed by atoms with Gasteiger partial charge in [-0.3, -0.25) is 4.98 Å². The maximum Gasteiger partial charge on any atom is 0.174 e. The molecule has 0 fully saturated rings. The molecule has 0 aliphatic rings. The fourth-order valence-electron chi connectivity index (χ4n) is 3.64. The van der Waals surface area contributed by atoms with Gasteiger partial charge in [-0.25, -0.2) is 4.68 Å². The van der Waals surface area contributed by atoms with Crippen LogP contribution in [-0.2, 0) is 7.05 Å². The lowest BCUT2D eigenvalue weighted by Gasteiger charge is -2.03. The Morgan fingerprint density at radius 3 is 2.27 bits per heavy atom. The second-order valence-corrected chi connectivity index (χ2v) is 7.39. The Labute approximate surface area is 190 Å². The third-order valence-electron chi connectivity index (χ3n) is 5.29. The van der Waals surface area contributed by atoms with E-state index in [2.05, 4.69) is 21.3 Å². The van der Waals surface area contributed by atoms with Gasteiger partial charge in [0.1, 0.15) is 11.8 Å². The molecule has 158 valence electrons. The molecule has 0 spiro atoms.